The highest BCUT2D eigenvalue weighted by molar-refractivity contribution is 5.82. The van der Waals surface area contributed by atoms with Crippen molar-refractivity contribution in [1.82, 2.24) is 5.32 Å². The van der Waals surface area contributed by atoms with Crippen LogP contribution in [0.4, 0.5) is 10.1 Å². The first kappa shape index (κ1) is 22.8. The van der Waals surface area contributed by atoms with Crippen LogP contribution in [0.5, 0.6) is 5.75 Å². The molecule has 4 rings (SSSR count). The molecule has 3 aromatic rings. The third kappa shape index (κ3) is 5.34. The molecule has 3 aromatic carbocycles. The highest BCUT2D eigenvalue weighted by Gasteiger charge is 2.25. The van der Waals surface area contributed by atoms with Gasteiger partial charge in [-0.3, -0.25) is 4.79 Å². The molecule has 0 fully saturated rings. The van der Waals surface area contributed by atoms with Crippen molar-refractivity contribution in [1.29, 1.82) is 0 Å². The van der Waals surface area contributed by atoms with E-state index >= 15 is 0 Å². The van der Waals surface area contributed by atoms with Crippen molar-refractivity contribution in [2.45, 2.75) is 45.2 Å². The quantitative estimate of drug-likeness (QED) is 0.454. The molecule has 0 aromatic heterocycles. The normalized spacial score (nSPS) is 15.9. The van der Waals surface area contributed by atoms with E-state index < -0.39 is 6.04 Å². The van der Waals surface area contributed by atoms with Crippen molar-refractivity contribution < 1.29 is 14.3 Å². The molecule has 0 spiro atoms. The summed E-state index contributed by atoms with van der Waals surface area (Å²) in [6.45, 7) is 4.58. The average molecular weight is 448 g/mol. The van der Waals surface area contributed by atoms with Crippen molar-refractivity contribution in [3.63, 3.8) is 0 Å². The summed E-state index contributed by atoms with van der Waals surface area (Å²) in [5.41, 5.74) is 13.1. The minimum Gasteiger partial charge on any atom is -0.508 e. The zero-order valence-corrected chi connectivity index (χ0v) is 19.0. The molecule has 1 aliphatic rings. The summed E-state index contributed by atoms with van der Waals surface area (Å²) in [4.78, 5) is 13.0. The smallest absolute Gasteiger partial charge is 0.237 e. The van der Waals surface area contributed by atoms with E-state index in [1.54, 1.807) is 24.3 Å². The Morgan fingerprint density at radius 3 is 2.61 bits per heavy atom. The number of nitrogens with one attached hydrogen (secondary N) is 2. The van der Waals surface area contributed by atoms with Crippen LogP contribution < -0.4 is 16.4 Å². The van der Waals surface area contributed by atoms with E-state index in [0.29, 0.717) is 12.8 Å². The molecule has 0 bridgehead atoms. The van der Waals surface area contributed by atoms with Crippen LogP contribution in [0, 0.1) is 19.7 Å². The second-order valence-electron chi connectivity index (χ2n) is 8.87. The van der Waals surface area contributed by atoms with Crippen LogP contribution >= 0.6 is 0 Å². The third-order valence-corrected chi connectivity index (χ3v) is 6.30. The largest absolute Gasteiger partial charge is 0.508 e. The van der Waals surface area contributed by atoms with Gasteiger partial charge in [0, 0.05) is 12.2 Å². The van der Waals surface area contributed by atoms with Gasteiger partial charge in [-0.25, -0.2) is 4.39 Å². The van der Waals surface area contributed by atoms with E-state index in [4.69, 9.17) is 5.73 Å². The Morgan fingerprint density at radius 1 is 1.15 bits per heavy atom. The maximum absolute atomic E-state index is 13.6. The first-order valence-electron chi connectivity index (χ1n) is 11.3. The van der Waals surface area contributed by atoms with Gasteiger partial charge in [-0.15, -0.1) is 0 Å². The summed E-state index contributed by atoms with van der Waals surface area (Å²) >= 11 is 0. The second kappa shape index (κ2) is 9.63. The molecule has 5 N–H and O–H groups in total. The summed E-state index contributed by atoms with van der Waals surface area (Å²) in [6.07, 6.45) is 1.78. The van der Waals surface area contributed by atoms with E-state index in [2.05, 4.69) is 16.7 Å². The molecule has 0 saturated heterocycles. The first-order chi connectivity index (χ1) is 15.8. The molecule has 0 unspecified atom stereocenters. The lowest BCUT2D eigenvalue weighted by Gasteiger charge is -2.29. The number of benzene rings is 3. The summed E-state index contributed by atoms with van der Waals surface area (Å²) < 4.78 is 13.6. The number of rotatable bonds is 6. The number of phenolic OH excluding ortho intramolecular Hbond substituents is 1. The SMILES string of the molecule is Cc1cc(O)cc(C)c1C[C@H](N)C(=O)N[C@@H]1CCNc2ccc(Cc3cccc(F)c3)cc21. The van der Waals surface area contributed by atoms with Crippen LogP contribution in [0.15, 0.2) is 54.6 Å². The van der Waals surface area contributed by atoms with Crippen LogP contribution in [0.3, 0.4) is 0 Å². The minimum atomic E-state index is -0.694. The molecular formula is C27H30FN3O2. The highest BCUT2D eigenvalue weighted by Crippen LogP contribution is 2.31. The van der Waals surface area contributed by atoms with E-state index in [-0.39, 0.29) is 23.5 Å². The highest BCUT2D eigenvalue weighted by atomic mass is 19.1. The fourth-order valence-corrected chi connectivity index (χ4v) is 4.59. The number of fused-ring (bicyclic) bond motifs is 1. The topological polar surface area (TPSA) is 87.4 Å². The summed E-state index contributed by atoms with van der Waals surface area (Å²) in [5.74, 6) is -0.229. The van der Waals surface area contributed by atoms with Gasteiger partial charge in [-0.05, 0) is 96.8 Å². The number of aromatic hydroxyl groups is 1. The molecule has 0 saturated carbocycles. The van der Waals surface area contributed by atoms with Crippen LogP contribution in [0.2, 0.25) is 0 Å². The van der Waals surface area contributed by atoms with E-state index in [0.717, 1.165) is 52.0 Å². The molecule has 1 heterocycles. The number of hydrogen-bond donors (Lipinski definition) is 4. The van der Waals surface area contributed by atoms with Crippen molar-refractivity contribution in [2.75, 3.05) is 11.9 Å². The Balaban J connectivity index is 1.48. The summed E-state index contributed by atoms with van der Waals surface area (Å²) in [5, 5.41) is 16.3. The number of phenols is 1. The maximum atomic E-state index is 13.6. The fraction of sp³-hybridized carbons (Fsp3) is 0.296. The third-order valence-electron chi connectivity index (χ3n) is 6.30. The fourth-order valence-electron chi connectivity index (χ4n) is 4.59. The van der Waals surface area contributed by atoms with Gasteiger partial charge >= 0.3 is 0 Å². The van der Waals surface area contributed by atoms with Crippen molar-refractivity contribution in [3.8, 4) is 5.75 Å². The Kier molecular flexibility index (Phi) is 6.65. The van der Waals surface area contributed by atoms with Crippen LogP contribution in [0.1, 0.15) is 45.8 Å². The lowest BCUT2D eigenvalue weighted by atomic mass is 9.92. The van der Waals surface area contributed by atoms with Gasteiger partial charge in [-0.2, -0.15) is 0 Å². The Hall–Kier alpha value is -3.38. The molecule has 0 aliphatic carbocycles. The van der Waals surface area contributed by atoms with Crippen molar-refractivity contribution in [2.24, 2.45) is 5.73 Å². The van der Waals surface area contributed by atoms with Gasteiger partial charge in [0.1, 0.15) is 11.6 Å². The van der Waals surface area contributed by atoms with Gasteiger partial charge in [0.15, 0.2) is 0 Å². The summed E-state index contributed by atoms with van der Waals surface area (Å²) in [6, 6.07) is 15.3. The minimum absolute atomic E-state index is 0.144. The molecule has 5 nitrogen and oxygen atoms in total. The number of nitrogens with two attached hydrogens (primary N) is 1. The van der Waals surface area contributed by atoms with E-state index in [9.17, 15) is 14.3 Å². The van der Waals surface area contributed by atoms with Gasteiger partial charge in [0.2, 0.25) is 5.91 Å². The molecular weight excluding hydrogens is 417 g/mol. The van der Waals surface area contributed by atoms with Crippen LogP contribution in [0.25, 0.3) is 0 Å². The Bertz CT molecular complexity index is 1150. The molecule has 6 heteroatoms. The Morgan fingerprint density at radius 2 is 1.88 bits per heavy atom. The van der Waals surface area contributed by atoms with Gasteiger partial charge in [0.05, 0.1) is 12.1 Å². The van der Waals surface area contributed by atoms with Crippen molar-refractivity contribution in [3.05, 3.63) is 93.8 Å². The first-order valence-corrected chi connectivity index (χ1v) is 11.3. The predicted molar refractivity (Wildman–Crippen MR) is 129 cm³/mol. The Labute approximate surface area is 193 Å². The number of anilines is 1. The van der Waals surface area contributed by atoms with Crippen LogP contribution in [-0.2, 0) is 17.6 Å². The number of amides is 1. The van der Waals surface area contributed by atoms with Gasteiger partial charge < -0.3 is 21.5 Å². The second-order valence-corrected chi connectivity index (χ2v) is 8.87. The number of halogens is 1. The molecule has 2 atom stereocenters. The molecule has 1 amide bonds. The number of aryl methyl sites for hydroxylation is 2. The van der Waals surface area contributed by atoms with Gasteiger partial charge in [0.25, 0.3) is 0 Å². The predicted octanol–water partition coefficient (Wildman–Crippen LogP) is 4.28. The number of carbonyl (C=O) groups excluding carboxylic acids is 1. The zero-order valence-electron chi connectivity index (χ0n) is 19.0. The standard InChI is InChI=1S/C27H30FN3O2/c1-16-10-21(32)11-17(2)22(16)15-24(29)27(33)31-26-8-9-30-25-7-6-19(14-23(25)26)12-18-4-3-5-20(28)13-18/h3-7,10-11,13-14,24,26,30,32H,8-9,12,15,29H2,1-2H3,(H,31,33)/t24-,26+/m0/s1. The monoisotopic (exact) mass is 447 g/mol. The zero-order chi connectivity index (χ0) is 23.5. The molecule has 172 valence electrons. The average Bonchev–Trinajstić information content (AvgIpc) is 2.76. The van der Waals surface area contributed by atoms with E-state index in [1.807, 2.05) is 32.0 Å². The molecule has 1 aliphatic heterocycles. The van der Waals surface area contributed by atoms with Gasteiger partial charge in [-0.1, -0.05) is 24.3 Å². The van der Waals surface area contributed by atoms with Crippen LogP contribution in [-0.4, -0.2) is 23.6 Å². The molecule has 0 radical (unpaired) electrons. The lowest BCUT2D eigenvalue weighted by Crippen LogP contribution is -2.44. The summed E-state index contributed by atoms with van der Waals surface area (Å²) in [7, 11) is 0. The maximum Gasteiger partial charge on any atom is 0.237 e. The molecule has 33 heavy (non-hydrogen) atoms. The number of carbonyl (C=O) groups is 1. The number of hydrogen-bond acceptors (Lipinski definition) is 4. The van der Waals surface area contributed by atoms with Crippen molar-refractivity contribution >= 4 is 11.6 Å². The van der Waals surface area contributed by atoms with E-state index in [1.165, 1.54) is 6.07 Å². The lowest BCUT2D eigenvalue weighted by molar-refractivity contribution is -0.123.